The molecule has 0 aromatic rings. The Morgan fingerprint density at radius 1 is 1.41 bits per heavy atom. The summed E-state index contributed by atoms with van der Waals surface area (Å²) in [5.74, 6) is -0.429. The first-order chi connectivity index (χ1) is 7.90. The van der Waals surface area contributed by atoms with Crippen LogP contribution in [0.1, 0.15) is 26.7 Å². The Labute approximate surface area is 99.3 Å². The van der Waals surface area contributed by atoms with E-state index in [0.29, 0.717) is 6.42 Å². The van der Waals surface area contributed by atoms with Gasteiger partial charge in [-0.3, -0.25) is 9.59 Å². The van der Waals surface area contributed by atoms with E-state index in [0.717, 1.165) is 4.90 Å². The molecule has 1 N–H and O–H groups in total. The molecule has 1 fully saturated rings. The van der Waals surface area contributed by atoms with Crippen molar-refractivity contribution in [3.63, 3.8) is 0 Å². The number of carbonyl (C=O) groups is 2. The van der Waals surface area contributed by atoms with E-state index in [1.54, 1.807) is 0 Å². The summed E-state index contributed by atoms with van der Waals surface area (Å²) in [5.41, 5.74) is 0. The lowest BCUT2D eigenvalue weighted by Gasteiger charge is -2.24. The van der Waals surface area contributed by atoms with Gasteiger partial charge in [-0.2, -0.15) is 0 Å². The molecule has 0 spiro atoms. The number of carbonyl (C=O) groups excluding carboxylic acids is 2. The molecular weight excluding hydrogens is 230 g/mol. The number of amides is 2. The third-order valence-corrected chi connectivity index (χ3v) is 2.62. The molecule has 0 bridgehead atoms. The molecule has 1 heterocycles. The maximum absolute atomic E-state index is 12.3. The molecule has 2 amide bonds. The third-order valence-electron chi connectivity index (χ3n) is 2.62. The van der Waals surface area contributed by atoms with Gasteiger partial charge in [0, 0.05) is 13.0 Å². The van der Waals surface area contributed by atoms with E-state index in [-0.39, 0.29) is 24.8 Å². The summed E-state index contributed by atoms with van der Waals surface area (Å²) in [5, 5.41) is 2.59. The van der Waals surface area contributed by atoms with Crippen molar-refractivity contribution in [1.29, 1.82) is 0 Å². The largest absolute Gasteiger partial charge is 0.344 e. The topological polar surface area (TPSA) is 49.4 Å². The number of hydrogen-bond acceptors (Lipinski definition) is 2. The Balaban J connectivity index is 2.73. The minimum Gasteiger partial charge on any atom is -0.344 e. The lowest BCUT2D eigenvalue weighted by atomic mass is 10.0. The van der Waals surface area contributed by atoms with Crippen LogP contribution < -0.4 is 5.32 Å². The zero-order valence-electron chi connectivity index (χ0n) is 10.1. The van der Waals surface area contributed by atoms with Crippen molar-refractivity contribution in [2.75, 3.05) is 13.1 Å². The van der Waals surface area contributed by atoms with Gasteiger partial charge in [0.25, 0.3) is 6.43 Å². The fourth-order valence-electron chi connectivity index (χ4n) is 1.87. The Morgan fingerprint density at radius 3 is 2.59 bits per heavy atom. The molecule has 0 radical (unpaired) electrons. The van der Waals surface area contributed by atoms with E-state index in [2.05, 4.69) is 5.32 Å². The standard InChI is InChI=1S/C11H18F2N2O2/c1-7(2)5-8-11(17)15(6-9(12)13)4-3-10(16)14-8/h7-9H,3-6H2,1-2H3,(H,14,16). The van der Waals surface area contributed by atoms with Crippen molar-refractivity contribution in [3.8, 4) is 0 Å². The molecule has 4 nitrogen and oxygen atoms in total. The lowest BCUT2D eigenvalue weighted by Crippen LogP contribution is -2.46. The van der Waals surface area contributed by atoms with Gasteiger partial charge in [0.15, 0.2) is 0 Å². The molecular formula is C11H18F2N2O2. The van der Waals surface area contributed by atoms with E-state index in [1.165, 1.54) is 0 Å². The second kappa shape index (κ2) is 5.93. The SMILES string of the molecule is CC(C)CC1NC(=O)CCN(CC(F)F)C1=O. The summed E-state index contributed by atoms with van der Waals surface area (Å²) in [6.07, 6.45) is -2.00. The highest BCUT2D eigenvalue weighted by atomic mass is 19.3. The fourth-order valence-corrected chi connectivity index (χ4v) is 1.87. The highest BCUT2D eigenvalue weighted by molar-refractivity contribution is 5.89. The van der Waals surface area contributed by atoms with Crippen LogP contribution in [0.5, 0.6) is 0 Å². The van der Waals surface area contributed by atoms with E-state index >= 15 is 0 Å². The zero-order chi connectivity index (χ0) is 13.0. The second-order valence-electron chi connectivity index (χ2n) is 4.67. The zero-order valence-corrected chi connectivity index (χ0v) is 10.1. The van der Waals surface area contributed by atoms with Crippen LogP contribution in [-0.4, -0.2) is 42.3 Å². The van der Waals surface area contributed by atoms with Crippen molar-refractivity contribution in [2.45, 2.75) is 39.2 Å². The molecule has 0 aromatic carbocycles. The maximum Gasteiger partial charge on any atom is 0.255 e. The Morgan fingerprint density at radius 2 is 2.06 bits per heavy atom. The molecule has 1 atom stereocenters. The highest BCUT2D eigenvalue weighted by Crippen LogP contribution is 2.13. The fraction of sp³-hybridized carbons (Fsp3) is 0.818. The molecule has 1 saturated heterocycles. The van der Waals surface area contributed by atoms with Gasteiger partial charge in [-0.25, -0.2) is 8.78 Å². The van der Waals surface area contributed by atoms with E-state index in [9.17, 15) is 18.4 Å². The normalized spacial score (nSPS) is 22.0. The first-order valence-corrected chi connectivity index (χ1v) is 5.76. The molecule has 0 saturated carbocycles. The lowest BCUT2D eigenvalue weighted by molar-refractivity contribution is -0.135. The minimum absolute atomic E-state index is 0.0730. The number of hydrogen-bond donors (Lipinski definition) is 1. The van der Waals surface area contributed by atoms with Crippen molar-refractivity contribution in [3.05, 3.63) is 0 Å². The quantitative estimate of drug-likeness (QED) is 0.807. The van der Waals surface area contributed by atoms with Crippen LogP contribution in [0.15, 0.2) is 0 Å². The molecule has 1 aliphatic heterocycles. The van der Waals surface area contributed by atoms with Gasteiger partial charge in [-0.1, -0.05) is 13.8 Å². The van der Waals surface area contributed by atoms with Crippen LogP contribution in [0, 0.1) is 5.92 Å². The predicted octanol–water partition coefficient (Wildman–Crippen LogP) is 1.01. The van der Waals surface area contributed by atoms with Gasteiger partial charge in [0.05, 0.1) is 6.54 Å². The molecule has 0 aliphatic carbocycles. The van der Waals surface area contributed by atoms with E-state index in [4.69, 9.17) is 0 Å². The van der Waals surface area contributed by atoms with Crippen molar-refractivity contribution >= 4 is 11.8 Å². The first kappa shape index (κ1) is 13.9. The molecule has 0 aromatic heterocycles. The third kappa shape index (κ3) is 4.28. The van der Waals surface area contributed by atoms with Crippen molar-refractivity contribution in [2.24, 2.45) is 5.92 Å². The maximum atomic E-state index is 12.3. The Hall–Kier alpha value is -1.20. The number of alkyl halides is 2. The summed E-state index contributed by atoms with van der Waals surface area (Å²) in [7, 11) is 0. The van der Waals surface area contributed by atoms with Gasteiger partial charge in [-0.15, -0.1) is 0 Å². The molecule has 98 valence electrons. The summed E-state index contributed by atoms with van der Waals surface area (Å²) in [4.78, 5) is 24.4. The predicted molar refractivity (Wildman–Crippen MR) is 58.6 cm³/mol. The van der Waals surface area contributed by atoms with Crippen molar-refractivity contribution in [1.82, 2.24) is 10.2 Å². The van der Waals surface area contributed by atoms with E-state index in [1.807, 2.05) is 13.8 Å². The van der Waals surface area contributed by atoms with Gasteiger partial charge in [0.2, 0.25) is 11.8 Å². The van der Waals surface area contributed by atoms with Crippen molar-refractivity contribution < 1.29 is 18.4 Å². The summed E-state index contributed by atoms with van der Waals surface area (Å²) >= 11 is 0. The summed E-state index contributed by atoms with van der Waals surface area (Å²) in [6, 6.07) is -0.663. The molecule has 6 heteroatoms. The number of halogens is 2. The van der Waals surface area contributed by atoms with Gasteiger partial charge >= 0.3 is 0 Å². The second-order valence-corrected chi connectivity index (χ2v) is 4.67. The monoisotopic (exact) mass is 248 g/mol. The number of nitrogens with one attached hydrogen (secondary N) is 1. The smallest absolute Gasteiger partial charge is 0.255 e. The first-order valence-electron chi connectivity index (χ1n) is 5.76. The molecule has 1 unspecified atom stereocenters. The van der Waals surface area contributed by atoms with Gasteiger partial charge in [0.1, 0.15) is 6.04 Å². The average molecular weight is 248 g/mol. The minimum atomic E-state index is -2.56. The molecule has 17 heavy (non-hydrogen) atoms. The van der Waals surface area contributed by atoms with Crippen LogP contribution in [0.3, 0.4) is 0 Å². The Kier molecular flexibility index (Phi) is 4.84. The van der Waals surface area contributed by atoms with Crippen LogP contribution in [0.4, 0.5) is 8.78 Å². The van der Waals surface area contributed by atoms with Gasteiger partial charge in [-0.05, 0) is 12.3 Å². The molecule has 1 aliphatic rings. The van der Waals surface area contributed by atoms with E-state index < -0.39 is 24.9 Å². The van der Waals surface area contributed by atoms with Crippen LogP contribution in [0.2, 0.25) is 0 Å². The number of rotatable bonds is 4. The van der Waals surface area contributed by atoms with Crippen LogP contribution in [0.25, 0.3) is 0 Å². The summed E-state index contributed by atoms with van der Waals surface area (Å²) < 4.78 is 24.6. The highest BCUT2D eigenvalue weighted by Gasteiger charge is 2.31. The number of nitrogens with zero attached hydrogens (tertiary/aromatic N) is 1. The molecule has 1 rings (SSSR count). The van der Waals surface area contributed by atoms with Crippen LogP contribution in [-0.2, 0) is 9.59 Å². The van der Waals surface area contributed by atoms with Crippen LogP contribution >= 0.6 is 0 Å². The Bertz CT molecular complexity index is 295. The summed E-state index contributed by atoms with van der Waals surface area (Å²) in [6.45, 7) is 3.32. The van der Waals surface area contributed by atoms with Gasteiger partial charge < -0.3 is 10.2 Å². The average Bonchev–Trinajstić information content (AvgIpc) is 2.30.